The molecule has 0 heterocycles. The lowest BCUT2D eigenvalue weighted by Gasteiger charge is -2.28. The van der Waals surface area contributed by atoms with Crippen molar-refractivity contribution < 1.29 is 9.53 Å². The molecule has 0 aromatic rings. The van der Waals surface area contributed by atoms with Crippen LogP contribution in [0.2, 0.25) is 0 Å². The number of methoxy groups -OCH3 is 1. The minimum absolute atomic E-state index is 0.102. The Balaban J connectivity index is 4.45. The summed E-state index contributed by atoms with van der Waals surface area (Å²) in [6, 6.07) is 0. The zero-order valence-corrected chi connectivity index (χ0v) is 8.10. The molecule has 2 heteroatoms. The van der Waals surface area contributed by atoms with E-state index in [-0.39, 0.29) is 11.4 Å². The number of hydrogen-bond donors (Lipinski definition) is 0. The summed E-state index contributed by atoms with van der Waals surface area (Å²) in [5.74, 6) is 0.231. The van der Waals surface area contributed by atoms with Crippen LogP contribution >= 0.6 is 0 Å². The molecule has 0 aliphatic rings. The molecule has 0 saturated carbocycles. The van der Waals surface area contributed by atoms with E-state index in [2.05, 4.69) is 0 Å². The first-order valence-electron chi connectivity index (χ1n) is 4.07. The van der Waals surface area contributed by atoms with Gasteiger partial charge in [-0.1, -0.05) is 20.8 Å². The number of esters is 1. The lowest BCUT2D eigenvalue weighted by molar-refractivity contribution is -0.154. The Morgan fingerprint density at radius 3 is 2.09 bits per heavy atom. The number of carbonyl (C=O) groups excluding carboxylic acids is 1. The van der Waals surface area contributed by atoms with Crippen molar-refractivity contribution in [3.63, 3.8) is 0 Å². The number of ether oxygens (including phenoxy) is 1. The van der Waals surface area contributed by atoms with Gasteiger partial charge in [-0.15, -0.1) is 0 Å². The van der Waals surface area contributed by atoms with Gasteiger partial charge in [0.2, 0.25) is 0 Å². The first-order chi connectivity index (χ1) is 4.99. The van der Waals surface area contributed by atoms with Gasteiger partial charge < -0.3 is 4.74 Å². The second-order valence-electron chi connectivity index (χ2n) is 3.42. The van der Waals surface area contributed by atoms with E-state index in [1.54, 1.807) is 0 Å². The summed E-state index contributed by atoms with van der Waals surface area (Å²) in [6.45, 7) is 8.04. The van der Waals surface area contributed by atoms with Crippen LogP contribution in [0.25, 0.3) is 0 Å². The van der Waals surface area contributed by atoms with Gasteiger partial charge in [0.05, 0.1) is 12.5 Å². The Morgan fingerprint density at radius 1 is 1.55 bits per heavy atom. The molecule has 0 fully saturated rings. The van der Waals surface area contributed by atoms with E-state index in [0.717, 1.165) is 6.42 Å². The minimum atomic E-state index is -0.311. The van der Waals surface area contributed by atoms with E-state index in [9.17, 15) is 4.79 Å². The Bertz CT molecular complexity index is 140. The molecule has 0 amide bonds. The summed E-state index contributed by atoms with van der Waals surface area (Å²) in [5, 5.41) is 0. The highest BCUT2D eigenvalue weighted by Crippen LogP contribution is 2.31. The number of rotatable bonds is 3. The maximum absolute atomic E-state index is 11.3. The fourth-order valence-electron chi connectivity index (χ4n) is 1.02. The molecule has 11 heavy (non-hydrogen) atoms. The Kier molecular flexibility index (Phi) is 3.56. The van der Waals surface area contributed by atoms with Gasteiger partial charge in [0, 0.05) is 0 Å². The van der Waals surface area contributed by atoms with Crippen LogP contribution in [0.5, 0.6) is 0 Å². The third-order valence-corrected chi connectivity index (χ3v) is 2.66. The molecule has 66 valence electrons. The van der Waals surface area contributed by atoms with E-state index in [1.165, 1.54) is 7.11 Å². The maximum atomic E-state index is 11.3. The molecule has 0 bridgehead atoms. The number of carbonyl (C=O) groups is 1. The first kappa shape index (κ1) is 10.5. The van der Waals surface area contributed by atoms with Crippen molar-refractivity contribution in [2.45, 2.75) is 34.1 Å². The molecule has 0 aromatic heterocycles. The van der Waals surface area contributed by atoms with Crippen LogP contribution in [0.1, 0.15) is 34.1 Å². The van der Waals surface area contributed by atoms with E-state index in [4.69, 9.17) is 4.74 Å². The topological polar surface area (TPSA) is 26.3 Å². The van der Waals surface area contributed by atoms with Crippen LogP contribution in [0.15, 0.2) is 0 Å². The van der Waals surface area contributed by atoms with Gasteiger partial charge in [0.25, 0.3) is 0 Å². The number of hydrogen-bond acceptors (Lipinski definition) is 2. The average Bonchev–Trinajstić information content (AvgIpc) is 2.01. The van der Waals surface area contributed by atoms with Crippen LogP contribution in [0.3, 0.4) is 0 Å². The van der Waals surface area contributed by atoms with E-state index >= 15 is 0 Å². The summed E-state index contributed by atoms with van der Waals surface area (Å²) in [7, 11) is 1.44. The first-order valence-corrected chi connectivity index (χ1v) is 4.07. The van der Waals surface area contributed by atoms with Gasteiger partial charge in [-0.05, 0) is 19.3 Å². The second kappa shape index (κ2) is 3.74. The molecule has 0 aliphatic carbocycles. The lowest BCUT2D eigenvalue weighted by Crippen LogP contribution is -2.33. The van der Waals surface area contributed by atoms with Crippen LogP contribution in [0, 0.1) is 11.3 Å². The van der Waals surface area contributed by atoms with Crippen molar-refractivity contribution in [2.75, 3.05) is 7.11 Å². The van der Waals surface area contributed by atoms with Crippen LogP contribution in [0.4, 0.5) is 0 Å². The van der Waals surface area contributed by atoms with Crippen molar-refractivity contribution in [3.05, 3.63) is 0 Å². The minimum Gasteiger partial charge on any atom is -0.469 e. The molecular formula is C9H18O2. The highest BCUT2D eigenvalue weighted by Gasteiger charge is 2.35. The van der Waals surface area contributed by atoms with Crippen molar-refractivity contribution in [3.8, 4) is 0 Å². The van der Waals surface area contributed by atoms with Gasteiger partial charge >= 0.3 is 5.97 Å². The zero-order chi connectivity index (χ0) is 9.07. The van der Waals surface area contributed by atoms with Crippen LogP contribution in [-0.4, -0.2) is 13.1 Å². The summed E-state index contributed by atoms with van der Waals surface area (Å²) >= 11 is 0. The van der Waals surface area contributed by atoms with Gasteiger partial charge in [-0.25, -0.2) is 0 Å². The molecule has 2 nitrogen and oxygen atoms in total. The Hall–Kier alpha value is -0.530. The fraction of sp³-hybridized carbons (Fsp3) is 0.889. The Labute approximate surface area is 68.9 Å². The van der Waals surface area contributed by atoms with E-state index < -0.39 is 0 Å². The molecule has 0 N–H and O–H groups in total. The molecule has 0 unspecified atom stereocenters. The normalized spacial score (nSPS) is 16.2. The quantitative estimate of drug-likeness (QED) is 0.589. The Morgan fingerprint density at radius 2 is 2.00 bits per heavy atom. The third kappa shape index (κ3) is 1.95. The molecule has 0 rings (SSSR count). The monoisotopic (exact) mass is 158 g/mol. The zero-order valence-electron chi connectivity index (χ0n) is 8.10. The van der Waals surface area contributed by atoms with Crippen LogP contribution < -0.4 is 0 Å². The summed E-state index contributed by atoms with van der Waals surface area (Å²) in [6.07, 6.45) is 0.831. The maximum Gasteiger partial charge on any atom is 0.311 e. The van der Waals surface area contributed by atoms with Gasteiger partial charge in [-0.3, -0.25) is 4.79 Å². The third-order valence-electron chi connectivity index (χ3n) is 2.66. The SMILES string of the molecule is CC[C@@](C)(C(=O)OC)C(C)C. The standard InChI is InChI=1S/C9H18O2/c1-6-9(4,7(2)3)8(10)11-5/h7H,6H2,1-5H3/t9-/m1/s1. The predicted octanol–water partition coefficient (Wildman–Crippen LogP) is 2.23. The molecule has 0 spiro atoms. The summed E-state index contributed by atoms with van der Waals surface area (Å²) < 4.78 is 4.73. The lowest BCUT2D eigenvalue weighted by atomic mass is 9.77. The smallest absolute Gasteiger partial charge is 0.311 e. The largest absolute Gasteiger partial charge is 0.469 e. The molecule has 0 saturated heterocycles. The van der Waals surface area contributed by atoms with Gasteiger partial charge in [-0.2, -0.15) is 0 Å². The van der Waals surface area contributed by atoms with Crippen molar-refractivity contribution in [1.82, 2.24) is 0 Å². The summed E-state index contributed by atoms with van der Waals surface area (Å²) in [4.78, 5) is 11.3. The van der Waals surface area contributed by atoms with Crippen molar-refractivity contribution in [2.24, 2.45) is 11.3 Å². The molecule has 1 atom stereocenters. The van der Waals surface area contributed by atoms with Gasteiger partial charge in [0.15, 0.2) is 0 Å². The fourth-order valence-corrected chi connectivity index (χ4v) is 1.02. The average molecular weight is 158 g/mol. The van der Waals surface area contributed by atoms with Gasteiger partial charge in [0.1, 0.15) is 0 Å². The van der Waals surface area contributed by atoms with Crippen molar-refractivity contribution in [1.29, 1.82) is 0 Å². The second-order valence-corrected chi connectivity index (χ2v) is 3.42. The van der Waals surface area contributed by atoms with Crippen molar-refractivity contribution >= 4 is 5.97 Å². The molecule has 0 radical (unpaired) electrons. The van der Waals surface area contributed by atoms with E-state index in [1.807, 2.05) is 27.7 Å². The van der Waals surface area contributed by atoms with E-state index in [0.29, 0.717) is 5.92 Å². The highest BCUT2D eigenvalue weighted by molar-refractivity contribution is 5.76. The summed E-state index contributed by atoms with van der Waals surface area (Å²) in [5.41, 5.74) is -0.311. The molecule has 0 aliphatic heterocycles. The molecular weight excluding hydrogens is 140 g/mol. The highest BCUT2D eigenvalue weighted by atomic mass is 16.5. The molecule has 0 aromatic carbocycles. The predicted molar refractivity (Wildman–Crippen MR) is 45.3 cm³/mol. The van der Waals surface area contributed by atoms with Crippen LogP contribution in [-0.2, 0) is 9.53 Å².